The van der Waals surface area contributed by atoms with Crippen molar-refractivity contribution in [3.8, 4) is 11.3 Å². The second kappa shape index (κ2) is 6.62. The normalized spacial score (nSPS) is 10.7. The van der Waals surface area contributed by atoms with Crippen LogP contribution in [0.2, 0.25) is 5.02 Å². The summed E-state index contributed by atoms with van der Waals surface area (Å²) in [6.45, 7) is -0.193. The Morgan fingerprint density at radius 1 is 1.17 bits per heavy atom. The summed E-state index contributed by atoms with van der Waals surface area (Å²) in [7, 11) is 0. The standard InChI is InChI=1S/C16H11BrClNO4/c17-15-6-5-14(23-15)16(21)19-9-1-3-12(18)11(7-9)13-4-2-10(8-20)22-13/h1-7,20H,8H2,(H,19,21). The monoisotopic (exact) mass is 395 g/mol. The van der Waals surface area contributed by atoms with Crippen molar-refractivity contribution >= 4 is 39.1 Å². The van der Waals surface area contributed by atoms with E-state index in [1.54, 1.807) is 42.5 Å². The number of carbonyl (C=O) groups excluding carboxylic acids is 1. The molecule has 2 N–H and O–H groups in total. The van der Waals surface area contributed by atoms with E-state index in [0.717, 1.165) is 0 Å². The number of hydrogen-bond acceptors (Lipinski definition) is 4. The van der Waals surface area contributed by atoms with Gasteiger partial charge >= 0.3 is 0 Å². The van der Waals surface area contributed by atoms with Gasteiger partial charge in [0.25, 0.3) is 5.91 Å². The van der Waals surface area contributed by atoms with Gasteiger partial charge in [0, 0.05) is 11.3 Å². The first-order valence-corrected chi connectivity index (χ1v) is 7.80. The summed E-state index contributed by atoms with van der Waals surface area (Å²) >= 11 is 9.33. The summed E-state index contributed by atoms with van der Waals surface area (Å²) in [6, 6.07) is 11.6. The molecule has 3 aromatic rings. The number of hydrogen-bond donors (Lipinski definition) is 2. The molecule has 23 heavy (non-hydrogen) atoms. The molecule has 0 aliphatic rings. The first-order valence-electron chi connectivity index (χ1n) is 6.63. The molecule has 0 fully saturated rings. The highest BCUT2D eigenvalue weighted by Crippen LogP contribution is 2.32. The van der Waals surface area contributed by atoms with Gasteiger partial charge in [0.2, 0.25) is 0 Å². The van der Waals surface area contributed by atoms with Crippen LogP contribution in [0.4, 0.5) is 5.69 Å². The van der Waals surface area contributed by atoms with Crippen molar-refractivity contribution in [1.82, 2.24) is 0 Å². The highest BCUT2D eigenvalue weighted by molar-refractivity contribution is 9.10. The lowest BCUT2D eigenvalue weighted by molar-refractivity contribution is 0.0995. The van der Waals surface area contributed by atoms with Gasteiger partial charge < -0.3 is 19.3 Å². The summed E-state index contributed by atoms with van der Waals surface area (Å²) in [5.41, 5.74) is 1.16. The molecule has 5 nitrogen and oxygen atoms in total. The van der Waals surface area contributed by atoms with Crippen LogP contribution in [0.3, 0.4) is 0 Å². The smallest absolute Gasteiger partial charge is 0.291 e. The van der Waals surface area contributed by atoms with Crippen LogP contribution in [0.15, 0.2) is 56.0 Å². The van der Waals surface area contributed by atoms with E-state index in [4.69, 9.17) is 25.5 Å². The third-order valence-electron chi connectivity index (χ3n) is 3.10. The molecular formula is C16H11BrClNO4. The van der Waals surface area contributed by atoms with Crippen LogP contribution in [-0.4, -0.2) is 11.0 Å². The number of amides is 1. The predicted molar refractivity (Wildman–Crippen MR) is 89.4 cm³/mol. The fraction of sp³-hybridized carbons (Fsp3) is 0.0625. The minimum Gasteiger partial charge on any atom is -0.459 e. The van der Waals surface area contributed by atoms with Gasteiger partial charge in [0.05, 0.1) is 5.02 Å². The van der Waals surface area contributed by atoms with Crippen molar-refractivity contribution in [2.45, 2.75) is 6.61 Å². The molecule has 0 aliphatic heterocycles. The Bertz CT molecular complexity index is 855. The van der Waals surface area contributed by atoms with Gasteiger partial charge in [-0.15, -0.1) is 0 Å². The maximum absolute atomic E-state index is 12.1. The van der Waals surface area contributed by atoms with Crippen LogP contribution < -0.4 is 5.32 Å². The van der Waals surface area contributed by atoms with Crippen LogP contribution in [0.5, 0.6) is 0 Å². The van der Waals surface area contributed by atoms with E-state index in [0.29, 0.717) is 32.5 Å². The maximum Gasteiger partial charge on any atom is 0.291 e. The summed E-state index contributed by atoms with van der Waals surface area (Å²) in [5, 5.41) is 12.3. The van der Waals surface area contributed by atoms with Crippen molar-refractivity contribution in [3.05, 3.63) is 63.7 Å². The topological polar surface area (TPSA) is 75.6 Å². The molecular weight excluding hydrogens is 386 g/mol. The highest BCUT2D eigenvalue weighted by atomic mass is 79.9. The van der Waals surface area contributed by atoms with Gasteiger partial charge in [-0.25, -0.2) is 0 Å². The van der Waals surface area contributed by atoms with E-state index < -0.39 is 0 Å². The minimum absolute atomic E-state index is 0.189. The number of aliphatic hydroxyl groups is 1. The van der Waals surface area contributed by atoms with E-state index in [-0.39, 0.29) is 18.3 Å². The third kappa shape index (κ3) is 3.50. The minimum atomic E-state index is -0.375. The Labute approximate surface area is 145 Å². The zero-order valence-corrected chi connectivity index (χ0v) is 14.0. The van der Waals surface area contributed by atoms with Gasteiger partial charge in [0.15, 0.2) is 10.4 Å². The van der Waals surface area contributed by atoms with E-state index in [9.17, 15) is 4.79 Å². The number of halogens is 2. The fourth-order valence-electron chi connectivity index (χ4n) is 2.03. The van der Waals surface area contributed by atoms with Crippen molar-refractivity contribution in [2.75, 3.05) is 5.32 Å². The second-order valence-corrected chi connectivity index (χ2v) is 5.87. The third-order valence-corrected chi connectivity index (χ3v) is 3.86. The van der Waals surface area contributed by atoms with Gasteiger partial charge in [0.1, 0.15) is 18.1 Å². The summed E-state index contributed by atoms with van der Waals surface area (Å²) in [5.74, 6) is 0.759. The molecule has 1 amide bonds. The Kier molecular flexibility index (Phi) is 4.56. The van der Waals surface area contributed by atoms with E-state index in [2.05, 4.69) is 21.2 Å². The Balaban J connectivity index is 1.86. The SMILES string of the molecule is O=C(Nc1ccc(Cl)c(-c2ccc(CO)o2)c1)c1ccc(Br)o1. The zero-order valence-electron chi connectivity index (χ0n) is 11.7. The second-order valence-electron chi connectivity index (χ2n) is 4.68. The average molecular weight is 397 g/mol. The van der Waals surface area contributed by atoms with Crippen molar-refractivity contribution < 1.29 is 18.7 Å². The molecule has 0 atom stereocenters. The van der Waals surface area contributed by atoms with Crippen LogP contribution >= 0.6 is 27.5 Å². The number of anilines is 1. The van der Waals surface area contributed by atoms with Crippen LogP contribution in [0.25, 0.3) is 11.3 Å². The molecule has 118 valence electrons. The molecule has 2 aromatic heterocycles. The molecule has 0 aliphatic carbocycles. The first-order chi connectivity index (χ1) is 11.1. The predicted octanol–water partition coefficient (Wildman–Crippen LogP) is 4.70. The van der Waals surface area contributed by atoms with Gasteiger partial charge in [-0.3, -0.25) is 4.79 Å². The largest absolute Gasteiger partial charge is 0.459 e. The molecule has 7 heteroatoms. The molecule has 3 rings (SSSR count). The van der Waals surface area contributed by atoms with Crippen molar-refractivity contribution in [2.24, 2.45) is 0 Å². The highest BCUT2D eigenvalue weighted by Gasteiger charge is 2.13. The number of rotatable bonds is 4. The Hall–Kier alpha value is -2.02. The summed E-state index contributed by atoms with van der Waals surface area (Å²) < 4.78 is 11.2. The molecule has 0 radical (unpaired) electrons. The first kappa shape index (κ1) is 15.9. The molecule has 2 heterocycles. The summed E-state index contributed by atoms with van der Waals surface area (Å²) in [6.07, 6.45) is 0. The van der Waals surface area contributed by atoms with Crippen LogP contribution in [0, 0.1) is 0 Å². The maximum atomic E-state index is 12.1. The van der Waals surface area contributed by atoms with Gasteiger partial charge in [-0.05, 0) is 58.4 Å². The Morgan fingerprint density at radius 2 is 2.00 bits per heavy atom. The number of carbonyl (C=O) groups is 1. The van der Waals surface area contributed by atoms with Crippen molar-refractivity contribution in [3.63, 3.8) is 0 Å². The Morgan fingerprint density at radius 3 is 2.65 bits per heavy atom. The average Bonchev–Trinajstić information content (AvgIpc) is 3.18. The molecule has 0 spiro atoms. The number of benzene rings is 1. The fourth-order valence-corrected chi connectivity index (χ4v) is 2.55. The van der Waals surface area contributed by atoms with Crippen LogP contribution in [0.1, 0.15) is 16.3 Å². The van der Waals surface area contributed by atoms with Crippen LogP contribution in [-0.2, 0) is 6.61 Å². The van der Waals surface area contributed by atoms with E-state index in [1.807, 2.05) is 0 Å². The van der Waals surface area contributed by atoms with E-state index in [1.165, 1.54) is 0 Å². The lowest BCUT2D eigenvalue weighted by Gasteiger charge is -2.07. The molecule has 0 saturated carbocycles. The van der Waals surface area contributed by atoms with Gasteiger partial charge in [-0.1, -0.05) is 11.6 Å². The lowest BCUT2D eigenvalue weighted by Crippen LogP contribution is -2.10. The zero-order chi connectivity index (χ0) is 16.4. The van der Waals surface area contributed by atoms with Gasteiger partial charge in [-0.2, -0.15) is 0 Å². The molecule has 0 bridgehead atoms. The van der Waals surface area contributed by atoms with Crippen molar-refractivity contribution in [1.29, 1.82) is 0 Å². The molecule has 1 aromatic carbocycles. The number of nitrogens with one attached hydrogen (secondary N) is 1. The van der Waals surface area contributed by atoms with E-state index >= 15 is 0 Å². The quantitative estimate of drug-likeness (QED) is 0.670. The summed E-state index contributed by atoms with van der Waals surface area (Å²) in [4.78, 5) is 12.1. The lowest BCUT2D eigenvalue weighted by atomic mass is 10.1. The number of furan rings is 2. The molecule has 0 unspecified atom stereocenters. The number of aliphatic hydroxyl groups excluding tert-OH is 1. The molecule has 0 saturated heterocycles.